The van der Waals surface area contributed by atoms with Gasteiger partial charge < -0.3 is 10.6 Å². The van der Waals surface area contributed by atoms with Crippen molar-refractivity contribution in [3.05, 3.63) is 60.7 Å². The van der Waals surface area contributed by atoms with Crippen molar-refractivity contribution in [2.75, 3.05) is 25.0 Å². The van der Waals surface area contributed by atoms with Crippen molar-refractivity contribution in [1.82, 2.24) is 10.3 Å². The quantitative estimate of drug-likeness (QED) is 0.145. The molecule has 31 heavy (non-hydrogen) atoms. The number of unbranched alkanes of at least 4 members (excludes halogenated alkanes) is 5. The van der Waals surface area contributed by atoms with E-state index in [1.807, 2.05) is 0 Å². The van der Waals surface area contributed by atoms with Crippen molar-refractivity contribution >= 4 is 38.3 Å². The Morgan fingerprint density at radius 3 is 2.29 bits per heavy atom. The second-order valence-electron chi connectivity index (χ2n) is 8.48. The zero-order valence-electron chi connectivity index (χ0n) is 18.8. The first-order chi connectivity index (χ1) is 15.4. The van der Waals surface area contributed by atoms with Crippen LogP contribution in [0.3, 0.4) is 0 Å². The van der Waals surface area contributed by atoms with Crippen LogP contribution in [0.25, 0.3) is 32.6 Å². The van der Waals surface area contributed by atoms with E-state index in [0.717, 1.165) is 37.1 Å². The first-order valence-corrected chi connectivity index (χ1v) is 12.0. The summed E-state index contributed by atoms with van der Waals surface area (Å²) < 4.78 is 0. The Labute approximate surface area is 186 Å². The summed E-state index contributed by atoms with van der Waals surface area (Å²) >= 11 is 0. The topological polar surface area (TPSA) is 37.0 Å². The summed E-state index contributed by atoms with van der Waals surface area (Å²) in [5.41, 5.74) is 3.35. The number of hydrogen-bond donors (Lipinski definition) is 2. The van der Waals surface area contributed by atoms with Crippen LogP contribution in [0.1, 0.15) is 51.9 Å². The van der Waals surface area contributed by atoms with Crippen molar-refractivity contribution in [1.29, 1.82) is 0 Å². The van der Waals surface area contributed by atoms with E-state index in [1.165, 1.54) is 65.8 Å². The number of para-hydroxylation sites is 1. The summed E-state index contributed by atoms with van der Waals surface area (Å²) in [6, 6.07) is 21.4. The van der Waals surface area contributed by atoms with Gasteiger partial charge in [-0.15, -0.1) is 0 Å². The summed E-state index contributed by atoms with van der Waals surface area (Å²) in [6.07, 6.45) is 9.24. The monoisotopic (exact) mass is 413 g/mol. The molecule has 4 aromatic rings. The molecule has 0 amide bonds. The molecule has 0 spiro atoms. The Morgan fingerprint density at radius 2 is 1.39 bits per heavy atom. The van der Waals surface area contributed by atoms with Crippen molar-refractivity contribution in [3.63, 3.8) is 0 Å². The summed E-state index contributed by atoms with van der Waals surface area (Å²) in [4.78, 5) is 5.02. The van der Waals surface area contributed by atoms with Crippen LogP contribution < -0.4 is 10.6 Å². The first kappa shape index (κ1) is 21.6. The lowest BCUT2D eigenvalue weighted by atomic mass is 10.0. The van der Waals surface area contributed by atoms with E-state index in [-0.39, 0.29) is 0 Å². The highest BCUT2D eigenvalue weighted by atomic mass is 14.9. The number of hydrogen-bond acceptors (Lipinski definition) is 3. The lowest BCUT2D eigenvalue weighted by molar-refractivity contribution is 0.568. The molecule has 2 N–H and O–H groups in total. The van der Waals surface area contributed by atoms with Crippen molar-refractivity contribution in [3.8, 4) is 0 Å². The second kappa shape index (κ2) is 11.1. The van der Waals surface area contributed by atoms with Crippen LogP contribution in [0, 0.1) is 0 Å². The summed E-state index contributed by atoms with van der Waals surface area (Å²) in [6.45, 7) is 5.43. The van der Waals surface area contributed by atoms with Gasteiger partial charge in [0.15, 0.2) is 0 Å². The van der Waals surface area contributed by atoms with Crippen LogP contribution in [-0.2, 0) is 0 Å². The molecule has 1 heterocycles. The Balaban J connectivity index is 1.39. The molecule has 0 aliphatic rings. The number of anilines is 1. The molecule has 0 saturated heterocycles. The number of rotatable bonds is 12. The molecule has 1 aromatic heterocycles. The van der Waals surface area contributed by atoms with Gasteiger partial charge in [0.2, 0.25) is 0 Å². The van der Waals surface area contributed by atoms with E-state index in [0.29, 0.717) is 0 Å². The van der Waals surface area contributed by atoms with Gasteiger partial charge in [-0.1, -0.05) is 93.6 Å². The average molecular weight is 414 g/mol. The number of nitrogens with one attached hydrogen (secondary N) is 2. The van der Waals surface area contributed by atoms with Gasteiger partial charge in [-0.2, -0.15) is 0 Å². The van der Waals surface area contributed by atoms with Gasteiger partial charge in [0.25, 0.3) is 0 Å². The highest BCUT2D eigenvalue weighted by Crippen LogP contribution is 2.34. The third-order valence-electron chi connectivity index (χ3n) is 6.11. The maximum absolute atomic E-state index is 5.02. The van der Waals surface area contributed by atoms with E-state index in [4.69, 9.17) is 4.98 Å². The minimum Gasteiger partial charge on any atom is -0.384 e. The molecule has 3 heteroatoms. The molecular formula is C28H35N3. The maximum Gasteiger partial charge on any atom is 0.0808 e. The highest BCUT2D eigenvalue weighted by Gasteiger charge is 2.11. The van der Waals surface area contributed by atoms with E-state index in [1.54, 1.807) is 0 Å². The van der Waals surface area contributed by atoms with Gasteiger partial charge in [-0.25, -0.2) is 4.98 Å². The van der Waals surface area contributed by atoms with E-state index in [2.05, 4.69) is 78.2 Å². The predicted octanol–water partition coefficient (Wildman–Crippen LogP) is 7.29. The van der Waals surface area contributed by atoms with Gasteiger partial charge in [0.1, 0.15) is 0 Å². The van der Waals surface area contributed by atoms with Crippen molar-refractivity contribution in [2.24, 2.45) is 0 Å². The smallest absolute Gasteiger partial charge is 0.0808 e. The Bertz CT molecular complexity index is 1120. The number of fused-ring (bicyclic) bond motifs is 4. The fourth-order valence-electron chi connectivity index (χ4n) is 4.40. The molecule has 0 atom stereocenters. The van der Waals surface area contributed by atoms with Gasteiger partial charge in [-0.05, 0) is 37.4 Å². The molecule has 3 aromatic carbocycles. The number of aromatic nitrogens is 1. The largest absolute Gasteiger partial charge is 0.384 e. The van der Waals surface area contributed by atoms with Crippen LogP contribution in [0.15, 0.2) is 60.7 Å². The van der Waals surface area contributed by atoms with Crippen LogP contribution in [0.4, 0.5) is 5.69 Å². The fraction of sp³-hybridized carbons (Fsp3) is 0.393. The second-order valence-corrected chi connectivity index (χ2v) is 8.48. The molecule has 0 fully saturated rings. The molecule has 0 saturated carbocycles. The third-order valence-corrected chi connectivity index (χ3v) is 6.11. The molecule has 0 aliphatic carbocycles. The molecule has 0 aliphatic heterocycles. The molecule has 162 valence electrons. The van der Waals surface area contributed by atoms with Gasteiger partial charge in [0.05, 0.1) is 16.7 Å². The zero-order valence-corrected chi connectivity index (χ0v) is 18.8. The molecule has 0 bridgehead atoms. The normalized spacial score (nSPS) is 11.5. The Hall–Kier alpha value is -2.65. The van der Waals surface area contributed by atoms with Crippen LogP contribution in [0.2, 0.25) is 0 Å². The molecule has 4 rings (SSSR count). The first-order valence-electron chi connectivity index (χ1n) is 12.0. The minimum absolute atomic E-state index is 0.958. The highest BCUT2D eigenvalue weighted by molar-refractivity contribution is 6.15. The standard InChI is InChI=1S/C28H35N3/c1-2-3-4-5-6-11-19-29-20-12-21-30-27-24-15-9-10-16-26(24)31-28-23-14-8-7-13-22(23)17-18-25(27)28/h7-10,13-18,29H,2-6,11-12,19-21H2,1H3,(H,30,31). The van der Waals surface area contributed by atoms with Crippen LogP contribution in [-0.4, -0.2) is 24.6 Å². The predicted molar refractivity (Wildman–Crippen MR) is 136 cm³/mol. The minimum atomic E-state index is 0.958. The van der Waals surface area contributed by atoms with Crippen molar-refractivity contribution in [2.45, 2.75) is 51.9 Å². The van der Waals surface area contributed by atoms with Gasteiger partial charge in [-0.3, -0.25) is 0 Å². The zero-order chi connectivity index (χ0) is 21.3. The molecule has 3 nitrogen and oxygen atoms in total. The van der Waals surface area contributed by atoms with E-state index >= 15 is 0 Å². The van der Waals surface area contributed by atoms with Gasteiger partial charge >= 0.3 is 0 Å². The fourth-order valence-corrected chi connectivity index (χ4v) is 4.40. The third kappa shape index (κ3) is 5.34. The molecular weight excluding hydrogens is 378 g/mol. The molecule has 0 radical (unpaired) electrons. The van der Waals surface area contributed by atoms with Crippen LogP contribution >= 0.6 is 0 Å². The molecule has 0 unspecified atom stereocenters. The van der Waals surface area contributed by atoms with E-state index < -0.39 is 0 Å². The van der Waals surface area contributed by atoms with E-state index in [9.17, 15) is 0 Å². The Morgan fingerprint density at radius 1 is 0.645 bits per heavy atom. The maximum atomic E-state index is 5.02. The number of nitrogens with zero attached hydrogens (tertiary/aromatic N) is 1. The number of pyridine rings is 1. The summed E-state index contributed by atoms with van der Waals surface area (Å²) in [5, 5.41) is 12.2. The summed E-state index contributed by atoms with van der Waals surface area (Å²) in [5.74, 6) is 0. The van der Waals surface area contributed by atoms with Crippen molar-refractivity contribution < 1.29 is 0 Å². The average Bonchev–Trinajstić information content (AvgIpc) is 2.82. The lowest BCUT2D eigenvalue weighted by Crippen LogP contribution is -2.19. The SMILES string of the molecule is CCCCCCCCNCCCNc1c2ccccc2nc2c1ccc1ccccc12. The number of benzene rings is 3. The summed E-state index contributed by atoms with van der Waals surface area (Å²) in [7, 11) is 0. The lowest BCUT2D eigenvalue weighted by Gasteiger charge is -2.15. The van der Waals surface area contributed by atoms with Gasteiger partial charge in [0, 0.05) is 22.7 Å². The van der Waals surface area contributed by atoms with Crippen LogP contribution in [0.5, 0.6) is 0 Å². The Kier molecular flexibility index (Phi) is 7.73.